The molecule has 0 saturated carbocycles. The lowest BCUT2D eigenvalue weighted by atomic mass is 10.1. The smallest absolute Gasteiger partial charge is 0.262 e. The van der Waals surface area contributed by atoms with Crippen LogP contribution in [-0.4, -0.2) is 17.1 Å². The Balaban J connectivity index is 2.08. The number of nitriles is 1. The van der Waals surface area contributed by atoms with Crippen LogP contribution in [-0.2, 0) is 16.0 Å². The highest BCUT2D eigenvalue weighted by Gasteiger charge is 2.41. The van der Waals surface area contributed by atoms with E-state index in [1.165, 1.54) is 16.7 Å². The second-order valence-corrected chi connectivity index (χ2v) is 7.62. The lowest BCUT2D eigenvalue weighted by molar-refractivity contribution is -0.117. The summed E-state index contributed by atoms with van der Waals surface area (Å²) in [5.41, 5.74) is 7.46. The van der Waals surface area contributed by atoms with Gasteiger partial charge in [-0.1, -0.05) is 59.8 Å². The molecule has 136 valence electrons. The maximum Gasteiger partial charge on any atom is 0.262 e. The van der Waals surface area contributed by atoms with Gasteiger partial charge in [-0.25, -0.2) is 0 Å². The number of hydrogen-bond donors (Lipinski definition) is 1. The van der Waals surface area contributed by atoms with E-state index in [1.54, 1.807) is 18.2 Å². The highest BCUT2D eigenvalue weighted by atomic mass is 35.5. The zero-order valence-corrected chi connectivity index (χ0v) is 16.1. The van der Waals surface area contributed by atoms with Crippen molar-refractivity contribution in [3.05, 3.63) is 75.3 Å². The molecule has 27 heavy (non-hydrogen) atoms. The van der Waals surface area contributed by atoms with Gasteiger partial charge in [-0.15, -0.1) is 0 Å². The molecule has 2 aromatic carbocycles. The van der Waals surface area contributed by atoms with Crippen LogP contribution in [0.4, 0.5) is 5.69 Å². The minimum atomic E-state index is -0.857. The van der Waals surface area contributed by atoms with Crippen LogP contribution in [0.1, 0.15) is 11.1 Å². The quantitative estimate of drug-likeness (QED) is 0.631. The summed E-state index contributed by atoms with van der Waals surface area (Å²) in [5.74, 6) is -1.07. The van der Waals surface area contributed by atoms with Gasteiger partial charge in [0.15, 0.2) is 0 Å². The predicted molar refractivity (Wildman–Crippen MR) is 107 cm³/mol. The molecule has 3 rings (SSSR count). The molecule has 0 unspecified atom stereocenters. The Hall–Kier alpha value is -2.75. The SMILES string of the molecule is Cc1ccccc1N1C(=O)[C@@H](Cc2ccccc2Cl)S/C1=C(\C#N)C(N)=O. The standard InChI is InChI=1S/C20H16ClN3O2S/c1-12-6-2-5-9-16(12)24-19(26)17(10-13-7-3-4-8-15(13)21)27-20(24)14(11-22)18(23)25/h2-9,17H,10H2,1H3,(H2,23,25)/b20-14+/t17-/m1/s1. The van der Waals surface area contributed by atoms with Crippen LogP contribution in [0.3, 0.4) is 0 Å². The van der Waals surface area contributed by atoms with Gasteiger partial charge >= 0.3 is 0 Å². The number of benzene rings is 2. The van der Waals surface area contributed by atoms with Crippen LogP contribution in [0.15, 0.2) is 59.1 Å². The third kappa shape index (κ3) is 3.70. The van der Waals surface area contributed by atoms with Crippen molar-refractivity contribution >= 4 is 40.9 Å². The summed E-state index contributed by atoms with van der Waals surface area (Å²) in [4.78, 5) is 26.4. The first-order chi connectivity index (χ1) is 12.9. The molecular weight excluding hydrogens is 382 g/mol. The number of thioether (sulfide) groups is 1. The number of nitrogens with zero attached hydrogens (tertiary/aromatic N) is 2. The van der Waals surface area contributed by atoms with Gasteiger partial charge in [-0.3, -0.25) is 14.5 Å². The van der Waals surface area contributed by atoms with E-state index in [0.717, 1.165) is 11.1 Å². The Morgan fingerprint density at radius 1 is 1.26 bits per heavy atom. The van der Waals surface area contributed by atoms with Gasteiger partial charge in [0.25, 0.3) is 5.91 Å². The van der Waals surface area contributed by atoms with Crippen LogP contribution in [0, 0.1) is 18.3 Å². The van der Waals surface area contributed by atoms with Crippen molar-refractivity contribution in [2.24, 2.45) is 5.73 Å². The number of rotatable bonds is 4. The van der Waals surface area contributed by atoms with E-state index in [1.807, 2.05) is 43.3 Å². The number of primary amides is 1. The first-order valence-electron chi connectivity index (χ1n) is 8.18. The molecule has 0 spiro atoms. The zero-order chi connectivity index (χ0) is 19.6. The minimum Gasteiger partial charge on any atom is -0.365 e. The van der Waals surface area contributed by atoms with Crippen molar-refractivity contribution in [1.29, 1.82) is 5.26 Å². The van der Waals surface area contributed by atoms with Gasteiger partial charge in [0.1, 0.15) is 16.7 Å². The van der Waals surface area contributed by atoms with Gasteiger partial charge < -0.3 is 5.73 Å². The molecule has 0 bridgehead atoms. The molecule has 2 amide bonds. The topological polar surface area (TPSA) is 87.2 Å². The number of para-hydroxylation sites is 1. The number of hydrogen-bond acceptors (Lipinski definition) is 4. The number of carbonyl (C=O) groups is 2. The molecule has 1 heterocycles. The molecule has 1 atom stereocenters. The average Bonchev–Trinajstić information content (AvgIpc) is 2.94. The molecule has 7 heteroatoms. The molecule has 2 aromatic rings. The fraction of sp³-hybridized carbons (Fsp3) is 0.150. The van der Waals surface area contributed by atoms with Crippen molar-refractivity contribution < 1.29 is 9.59 Å². The number of aryl methyl sites for hydroxylation is 1. The molecular formula is C20H16ClN3O2S. The Morgan fingerprint density at radius 2 is 1.93 bits per heavy atom. The molecule has 1 aliphatic heterocycles. The lowest BCUT2D eigenvalue weighted by Gasteiger charge is -2.20. The summed E-state index contributed by atoms with van der Waals surface area (Å²) in [7, 11) is 0. The lowest BCUT2D eigenvalue weighted by Crippen LogP contribution is -2.31. The van der Waals surface area contributed by atoms with Crippen molar-refractivity contribution in [2.75, 3.05) is 4.90 Å². The van der Waals surface area contributed by atoms with Crippen molar-refractivity contribution in [3.63, 3.8) is 0 Å². The minimum absolute atomic E-state index is 0.210. The molecule has 0 aliphatic carbocycles. The van der Waals surface area contributed by atoms with Crippen LogP contribution >= 0.6 is 23.4 Å². The molecule has 0 radical (unpaired) electrons. The maximum atomic E-state index is 13.2. The van der Waals surface area contributed by atoms with E-state index in [0.29, 0.717) is 17.1 Å². The summed E-state index contributed by atoms with van der Waals surface area (Å²) < 4.78 is 0. The maximum absolute atomic E-state index is 13.2. The van der Waals surface area contributed by atoms with Gasteiger partial charge in [-0.2, -0.15) is 5.26 Å². The van der Waals surface area contributed by atoms with E-state index in [9.17, 15) is 14.9 Å². The van der Waals surface area contributed by atoms with Crippen LogP contribution in [0.5, 0.6) is 0 Å². The van der Waals surface area contributed by atoms with Gasteiger partial charge in [0.2, 0.25) is 5.91 Å². The normalized spacial score (nSPS) is 18.3. The Labute approximate surface area is 166 Å². The summed E-state index contributed by atoms with van der Waals surface area (Å²) >= 11 is 7.40. The van der Waals surface area contributed by atoms with Gasteiger partial charge in [0.05, 0.1) is 10.9 Å². The fourth-order valence-electron chi connectivity index (χ4n) is 2.90. The number of carbonyl (C=O) groups excluding carboxylic acids is 2. The predicted octanol–water partition coefficient (Wildman–Crippen LogP) is 3.56. The summed E-state index contributed by atoms with van der Waals surface area (Å²) in [6, 6.07) is 16.4. The van der Waals surface area contributed by atoms with E-state index in [2.05, 4.69) is 0 Å². The molecule has 0 aromatic heterocycles. The summed E-state index contributed by atoms with van der Waals surface area (Å²) in [5, 5.41) is 9.74. The summed E-state index contributed by atoms with van der Waals surface area (Å²) in [6.07, 6.45) is 0.381. The van der Waals surface area contributed by atoms with E-state index in [4.69, 9.17) is 17.3 Å². The molecule has 1 aliphatic rings. The molecule has 5 nitrogen and oxygen atoms in total. The van der Waals surface area contributed by atoms with E-state index >= 15 is 0 Å². The molecule has 1 saturated heterocycles. The third-order valence-electron chi connectivity index (χ3n) is 4.24. The van der Waals surface area contributed by atoms with Gasteiger partial charge in [-0.05, 0) is 36.6 Å². The van der Waals surface area contributed by atoms with E-state index in [-0.39, 0.29) is 16.5 Å². The first kappa shape index (κ1) is 19.0. The highest BCUT2D eigenvalue weighted by molar-refractivity contribution is 8.05. The second kappa shape index (κ2) is 7.87. The van der Waals surface area contributed by atoms with Crippen molar-refractivity contribution in [1.82, 2.24) is 0 Å². The Bertz CT molecular complexity index is 997. The highest BCUT2D eigenvalue weighted by Crippen LogP contribution is 2.43. The largest absolute Gasteiger partial charge is 0.365 e. The van der Waals surface area contributed by atoms with E-state index < -0.39 is 11.2 Å². The van der Waals surface area contributed by atoms with Crippen molar-refractivity contribution in [3.8, 4) is 6.07 Å². The fourth-order valence-corrected chi connectivity index (χ4v) is 4.41. The van der Waals surface area contributed by atoms with Gasteiger partial charge in [0, 0.05) is 5.02 Å². The first-order valence-corrected chi connectivity index (χ1v) is 9.43. The number of halogens is 1. The Morgan fingerprint density at radius 3 is 2.56 bits per heavy atom. The second-order valence-electron chi connectivity index (χ2n) is 6.02. The van der Waals surface area contributed by atoms with Crippen LogP contribution in [0.2, 0.25) is 5.02 Å². The number of nitrogens with two attached hydrogens (primary N) is 1. The number of anilines is 1. The average molecular weight is 398 g/mol. The summed E-state index contributed by atoms with van der Waals surface area (Å²) in [6.45, 7) is 1.86. The van der Waals surface area contributed by atoms with Crippen LogP contribution < -0.4 is 10.6 Å². The van der Waals surface area contributed by atoms with Crippen molar-refractivity contribution in [2.45, 2.75) is 18.6 Å². The monoisotopic (exact) mass is 397 g/mol. The molecule has 1 fully saturated rings. The number of amides is 2. The third-order valence-corrected chi connectivity index (χ3v) is 5.88. The Kier molecular flexibility index (Phi) is 5.54. The molecule has 2 N–H and O–H groups in total. The van der Waals surface area contributed by atoms with Crippen LogP contribution in [0.25, 0.3) is 0 Å². The zero-order valence-electron chi connectivity index (χ0n) is 14.5.